The third-order valence-electron chi connectivity index (χ3n) is 6.35. The van der Waals surface area contributed by atoms with Gasteiger partial charge in [-0.25, -0.2) is 4.39 Å². The molecule has 7 heteroatoms. The van der Waals surface area contributed by atoms with E-state index < -0.39 is 0 Å². The number of hydrogen-bond donors (Lipinski definition) is 0. The highest BCUT2D eigenvalue weighted by Gasteiger charge is 2.22. The van der Waals surface area contributed by atoms with Gasteiger partial charge in [-0.15, -0.1) is 0 Å². The second-order valence-corrected chi connectivity index (χ2v) is 8.76. The van der Waals surface area contributed by atoms with Crippen LogP contribution in [0.15, 0.2) is 51.9 Å². The highest BCUT2D eigenvalue weighted by molar-refractivity contribution is 5.86. The molecule has 0 atom stereocenters. The molecule has 0 saturated carbocycles. The fourth-order valence-electron chi connectivity index (χ4n) is 4.29. The quantitative estimate of drug-likeness (QED) is 0.459. The van der Waals surface area contributed by atoms with Crippen LogP contribution < -0.4 is 10.3 Å². The van der Waals surface area contributed by atoms with Crippen molar-refractivity contribution in [2.24, 2.45) is 13.0 Å². The molecule has 4 aromatic rings. The van der Waals surface area contributed by atoms with Gasteiger partial charge in [0.1, 0.15) is 11.4 Å². The van der Waals surface area contributed by atoms with Gasteiger partial charge in [0.2, 0.25) is 11.3 Å². The van der Waals surface area contributed by atoms with Gasteiger partial charge in [-0.3, -0.25) is 4.79 Å². The zero-order chi connectivity index (χ0) is 22.4. The Bertz CT molecular complexity index is 1350. The second kappa shape index (κ2) is 7.89. The maximum atomic E-state index is 15.1. The lowest BCUT2D eigenvalue weighted by atomic mass is 9.98. The molecule has 32 heavy (non-hydrogen) atoms. The zero-order valence-corrected chi connectivity index (χ0v) is 18.4. The van der Waals surface area contributed by atoms with E-state index in [2.05, 4.69) is 22.0 Å². The van der Waals surface area contributed by atoms with Crippen LogP contribution in [0.3, 0.4) is 0 Å². The Hall–Kier alpha value is -3.48. The summed E-state index contributed by atoms with van der Waals surface area (Å²) in [6.07, 6.45) is 3.75. The summed E-state index contributed by atoms with van der Waals surface area (Å²) in [5.41, 5.74) is 3.08. The first-order chi connectivity index (χ1) is 15.4. The van der Waals surface area contributed by atoms with Crippen molar-refractivity contribution in [3.63, 3.8) is 0 Å². The van der Waals surface area contributed by atoms with Gasteiger partial charge in [-0.05, 0) is 37.8 Å². The maximum Gasteiger partial charge on any atom is 0.263 e. The number of piperidine rings is 1. The molecule has 3 heterocycles. The van der Waals surface area contributed by atoms with E-state index in [9.17, 15) is 4.79 Å². The van der Waals surface area contributed by atoms with Gasteiger partial charge in [-0.1, -0.05) is 41.9 Å². The first kappa shape index (κ1) is 20.4. The Labute approximate surface area is 185 Å². The summed E-state index contributed by atoms with van der Waals surface area (Å²) >= 11 is 0. The summed E-state index contributed by atoms with van der Waals surface area (Å²) in [4.78, 5) is 19.7. The van der Waals surface area contributed by atoms with E-state index in [1.54, 1.807) is 12.3 Å². The largest absolute Gasteiger partial charge is 0.369 e. The van der Waals surface area contributed by atoms with Gasteiger partial charge in [0.05, 0.1) is 11.2 Å². The number of nitrogens with zero attached hydrogens (tertiary/aromatic N) is 4. The van der Waals surface area contributed by atoms with Crippen LogP contribution in [0.5, 0.6) is 0 Å². The van der Waals surface area contributed by atoms with E-state index in [0.29, 0.717) is 28.3 Å². The second-order valence-electron chi connectivity index (χ2n) is 8.76. The van der Waals surface area contributed by atoms with Crippen LogP contribution in [0.2, 0.25) is 0 Å². The number of aryl methyl sites for hydroxylation is 2. The van der Waals surface area contributed by atoms with E-state index in [4.69, 9.17) is 4.52 Å². The van der Waals surface area contributed by atoms with Crippen LogP contribution >= 0.6 is 0 Å². The van der Waals surface area contributed by atoms with E-state index in [0.717, 1.165) is 37.1 Å². The monoisotopic (exact) mass is 432 g/mol. The molecule has 0 unspecified atom stereocenters. The standard InChI is InChI=1S/C25H25FN4O2/c1-15-4-6-17(7-5-15)24-27-25(32-28-24)19-14-29(3)21-13-22(20(26)12-18(21)23(19)31)30-10-8-16(2)9-11-30/h4-7,12-14,16H,8-11H2,1-3H3. The molecule has 1 aliphatic heterocycles. The highest BCUT2D eigenvalue weighted by Crippen LogP contribution is 2.30. The Morgan fingerprint density at radius 2 is 1.84 bits per heavy atom. The average molecular weight is 432 g/mol. The van der Waals surface area contributed by atoms with Gasteiger partial charge in [-0.2, -0.15) is 4.98 Å². The minimum Gasteiger partial charge on any atom is -0.369 e. The van der Waals surface area contributed by atoms with Crippen LogP contribution in [-0.4, -0.2) is 27.8 Å². The average Bonchev–Trinajstić information content (AvgIpc) is 3.27. The Balaban J connectivity index is 1.56. The van der Waals surface area contributed by atoms with Crippen molar-refractivity contribution >= 4 is 16.6 Å². The lowest BCUT2D eigenvalue weighted by Crippen LogP contribution is -2.33. The van der Waals surface area contributed by atoms with Crippen molar-refractivity contribution < 1.29 is 8.91 Å². The van der Waals surface area contributed by atoms with Gasteiger partial charge >= 0.3 is 0 Å². The Morgan fingerprint density at radius 3 is 2.56 bits per heavy atom. The van der Waals surface area contributed by atoms with Crippen LogP contribution in [0.1, 0.15) is 25.3 Å². The van der Waals surface area contributed by atoms with E-state index in [1.807, 2.05) is 42.8 Å². The number of anilines is 1. The lowest BCUT2D eigenvalue weighted by molar-refractivity contribution is 0.432. The molecule has 1 fully saturated rings. The lowest BCUT2D eigenvalue weighted by Gasteiger charge is -2.32. The number of aromatic nitrogens is 3. The van der Waals surface area contributed by atoms with Crippen molar-refractivity contribution in [1.82, 2.24) is 14.7 Å². The van der Waals surface area contributed by atoms with Crippen LogP contribution in [0.25, 0.3) is 33.7 Å². The molecule has 1 aliphatic rings. The molecular weight excluding hydrogens is 407 g/mol. The molecule has 0 N–H and O–H groups in total. The Morgan fingerprint density at radius 1 is 1.12 bits per heavy atom. The predicted octanol–water partition coefficient (Wildman–Crippen LogP) is 4.94. The summed E-state index contributed by atoms with van der Waals surface area (Å²) in [5.74, 6) is 0.800. The molecule has 6 nitrogen and oxygen atoms in total. The smallest absolute Gasteiger partial charge is 0.263 e. The fourth-order valence-corrected chi connectivity index (χ4v) is 4.29. The zero-order valence-electron chi connectivity index (χ0n) is 18.4. The molecule has 0 radical (unpaired) electrons. The van der Waals surface area contributed by atoms with Gasteiger partial charge in [0, 0.05) is 37.3 Å². The van der Waals surface area contributed by atoms with Crippen molar-refractivity contribution in [2.75, 3.05) is 18.0 Å². The first-order valence-electron chi connectivity index (χ1n) is 10.9. The molecule has 1 saturated heterocycles. The van der Waals surface area contributed by atoms with E-state index >= 15 is 4.39 Å². The predicted molar refractivity (Wildman–Crippen MR) is 123 cm³/mol. The van der Waals surface area contributed by atoms with Crippen molar-refractivity contribution in [3.8, 4) is 22.8 Å². The molecule has 0 aliphatic carbocycles. The topological polar surface area (TPSA) is 64.2 Å². The SMILES string of the molecule is Cc1ccc(-c2noc(-c3cn(C)c4cc(N5CCC(C)CC5)c(F)cc4c3=O)n2)cc1. The summed E-state index contributed by atoms with van der Waals surface area (Å²) in [6.45, 7) is 5.86. The maximum absolute atomic E-state index is 15.1. The van der Waals surface area contributed by atoms with Gasteiger partial charge in [0.15, 0.2) is 0 Å². The summed E-state index contributed by atoms with van der Waals surface area (Å²) in [7, 11) is 1.84. The number of hydrogen-bond acceptors (Lipinski definition) is 5. The van der Waals surface area contributed by atoms with Crippen LogP contribution in [0, 0.1) is 18.7 Å². The molecule has 2 aromatic heterocycles. The summed E-state index contributed by atoms with van der Waals surface area (Å²) in [5, 5.41) is 4.33. The third-order valence-corrected chi connectivity index (χ3v) is 6.35. The molecule has 0 bridgehead atoms. The molecule has 5 rings (SSSR count). The molecule has 164 valence electrons. The molecule has 0 amide bonds. The third kappa shape index (κ3) is 3.57. The van der Waals surface area contributed by atoms with E-state index in [-0.39, 0.29) is 22.7 Å². The highest BCUT2D eigenvalue weighted by atomic mass is 19.1. The van der Waals surface area contributed by atoms with Crippen molar-refractivity contribution in [3.05, 3.63) is 64.2 Å². The molecule has 0 spiro atoms. The first-order valence-corrected chi connectivity index (χ1v) is 10.9. The molecule has 2 aromatic carbocycles. The van der Waals surface area contributed by atoms with E-state index in [1.165, 1.54) is 6.07 Å². The number of halogens is 1. The summed E-state index contributed by atoms with van der Waals surface area (Å²) < 4.78 is 22.3. The Kier molecular flexibility index (Phi) is 5.04. The van der Waals surface area contributed by atoms with Gasteiger partial charge in [0.25, 0.3) is 5.89 Å². The molecular formula is C25H25FN4O2. The normalized spacial score (nSPS) is 14.9. The number of rotatable bonds is 3. The van der Waals surface area contributed by atoms with Crippen molar-refractivity contribution in [1.29, 1.82) is 0 Å². The number of fused-ring (bicyclic) bond motifs is 1. The van der Waals surface area contributed by atoms with Crippen LogP contribution in [-0.2, 0) is 7.05 Å². The minimum atomic E-state index is -0.382. The number of benzene rings is 2. The summed E-state index contributed by atoms with van der Waals surface area (Å²) in [6, 6.07) is 10.8. The van der Waals surface area contributed by atoms with Gasteiger partial charge < -0.3 is 14.0 Å². The fraction of sp³-hybridized carbons (Fsp3) is 0.320. The minimum absolute atomic E-state index is 0.123. The van der Waals surface area contributed by atoms with Crippen LogP contribution in [0.4, 0.5) is 10.1 Å². The number of pyridine rings is 1. The van der Waals surface area contributed by atoms with Crippen molar-refractivity contribution in [2.45, 2.75) is 26.7 Å².